The van der Waals surface area contributed by atoms with Crippen molar-refractivity contribution in [3.63, 3.8) is 0 Å². The summed E-state index contributed by atoms with van der Waals surface area (Å²) in [5, 5.41) is 5.79. The summed E-state index contributed by atoms with van der Waals surface area (Å²) in [5.41, 5.74) is 0. The lowest BCUT2D eigenvalue weighted by Gasteiger charge is -2.11. The molecular weight excluding hydrogens is 360 g/mol. The van der Waals surface area contributed by atoms with Crippen molar-refractivity contribution < 1.29 is 23.8 Å². The molecule has 0 spiro atoms. The molecule has 28 heavy (non-hydrogen) atoms. The second kappa shape index (κ2) is 20.6. The van der Waals surface area contributed by atoms with Crippen LogP contribution in [0.5, 0.6) is 0 Å². The molecule has 7 heteroatoms. The second-order valence-corrected chi connectivity index (χ2v) is 7.11. The molecule has 0 fully saturated rings. The van der Waals surface area contributed by atoms with Gasteiger partial charge in [-0.15, -0.1) is 0 Å². The number of methoxy groups -OCH3 is 1. The van der Waals surface area contributed by atoms with E-state index in [4.69, 9.17) is 14.2 Å². The molecule has 0 radical (unpaired) electrons. The standard InChI is InChI=1S/C21H42N2O5/c1-4-11-19(2)21(25)23-13-8-6-10-15-28-17-16-27-14-9-5-7-12-22-20(24)18-26-3/h19H,4-18H2,1-3H3,(H,22,24)(H,23,25). The van der Waals surface area contributed by atoms with Crippen LogP contribution in [-0.2, 0) is 23.8 Å². The quantitative estimate of drug-likeness (QED) is 0.306. The number of amides is 2. The molecule has 2 amide bonds. The first-order chi connectivity index (χ1) is 13.6. The Morgan fingerprint density at radius 1 is 0.821 bits per heavy atom. The summed E-state index contributed by atoms with van der Waals surface area (Å²) in [4.78, 5) is 22.9. The molecule has 0 aromatic rings. The van der Waals surface area contributed by atoms with Crippen molar-refractivity contribution in [2.45, 2.75) is 65.2 Å². The van der Waals surface area contributed by atoms with Crippen LogP contribution in [0.2, 0.25) is 0 Å². The van der Waals surface area contributed by atoms with Gasteiger partial charge in [0.25, 0.3) is 0 Å². The Morgan fingerprint density at radius 2 is 1.39 bits per heavy atom. The number of hydrogen-bond acceptors (Lipinski definition) is 5. The van der Waals surface area contributed by atoms with E-state index in [1.165, 1.54) is 7.11 Å². The van der Waals surface area contributed by atoms with Crippen LogP contribution >= 0.6 is 0 Å². The fourth-order valence-corrected chi connectivity index (χ4v) is 2.69. The molecule has 0 rings (SSSR count). The number of hydrogen-bond donors (Lipinski definition) is 2. The average Bonchev–Trinajstić information content (AvgIpc) is 2.67. The van der Waals surface area contributed by atoms with Crippen LogP contribution in [0.3, 0.4) is 0 Å². The molecule has 0 saturated heterocycles. The van der Waals surface area contributed by atoms with E-state index in [2.05, 4.69) is 17.6 Å². The van der Waals surface area contributed by atoms with Crippen LogP contribution in [0, 0.1) is 5.92 Å². The fraction of sp³-hybridized carbons (Fsp3) is 0.905. The SMILES string of the molecule is CCCC(C)C(=O)NCCCCCOCCOCCCCCNC(=O)COC. The van der Waals surface area contributed by atoms with Crippen LogP contribution < -0.4 is 10.6 Å². The molecular formula is C21H42N2O5. The molecule has 7 nitrogen and oxygen atoms in total. The van der Waals surface area contributed by atoms with E-state index in [0.717, 1.165) is 71.1 Å². The number of carbonyl (C=O) groups is 2. The van der Waals surface area contributed by atoms with Gasteiger partial charge >= 0.3 is 0 Å². The fourth-order valence-electron chi connectivity index (χ4n) is 2.69. The second-order valence-electron chi connectivity index (χ2n) is 7.11. The van der Waals surface area contributed by atoms with Gasteiger partial charge in [-0.2, -0.15) is 0 Å². The van der Waals surface area contributed by atoms with Crippen LogP contribution in [0.1, 0.15) is 65.2 Å². The molecule has 0 aromatic carbocycles. The molecule has 2 N–H and O–H groups in total. The van der Waals surface area contributed by atoms with Gasteiger partial charge in [-0.3, -0.25) is 9.59 Å². The summed E-state index contributed by atoms with van der Waals surface area (Å²) in [5.74, 6) is 0.225. The zero-order chi connectivity index (χ0) is 20.9. The van der Waals surface area contributed by atoms with Gasteiger partial charge < -0.3 is 24.8 Å². The molecule has 166 valence electrons. The van der Waals surface area contributed by atoms with Crippen LogP contribution in [0.15, 0.2) is 0 Å². The topological polar surface area (TPSA) is 85.9 Å². The Labute approximate surface area is 171 Å². The van der Waals surface area contributed by atoms with Crippen molar-refractivity contribution in [1.29, 1.82) is 0 Å². The van der Waals surface area contributed by atoms with Crippen molar-refractivity contribution >= 4 is 11.8 Å². The maximum Gasteiger partial charge on any atom is 0.245 e. The molecule has 0 heterocycles. The van der Waals surface area contributed by atoms with Gasteiger partial charge in [0.1, 0.15) is 6.61 Å². The Balaban J connectivity index is 3.18. The zero-order valence-electron chi connectivity index (χ0n) is 18.2. The van der Waals surface area contributed by atoms with Crippen molar-refractivity contribution in [2.24, 2.45) is 5.92 Å². The van der Waals surface area contributed by atoms with Gasteiger partial charge in [-0.1, -0.05) is 20.3 Å². The van der Waals surface area contributed by atoms with E-state index in [-0.39, 0.29) is 24.3 Å². The maximum absolute atomic E-state index is 11.7. The van der Waals surface area contributed by atoms with Crippen LogP contribution in [0.4, 0.5) is 0 Å². The predicted molar refractivity (Wildman–Crippen MR) is 111 cm³/mol. The lowest BCUT2D eigenvalue weighted by atomic mass is 10.1. The van der Waals surface area contributed by atoms with E-state index in [9.17, 15) is 9.59 Å². The third-order valence-corrected chi connectivity index (χ3v) is 4.37. The van der Waals surface area contributed by atoms with Gasteiger partial charge in [0.05, 0.1) is 13.2 Å². The van der Waals surface area contributed by atoms with E-state index >= 15 is 0 Å². The largest absolute Gasteiger partial charge is 0.379 e. The molecule has 0 aliphatic rings. The van der Waals surface area contributed by atoms with Gasteiger partial charge in [-0.05, 0) is 44.9 Å². The lowest BCUT2D eigenvalue weighted by molar-refractivity contribution is -0.125. The molecule has 0 aliphatic carbocycles. The maximum atomic E-state index is 11.7. The molecule has 0 saturated carbocycles. The predicted octanol–water partition coefficient (Wildman–Crippen LogP) is 2.68. The van der Waals surface area contributed by atoms with Crippen LogP contribution in [0.25, 0.3) is 0 Å². The van der Waals surface area contributed by atoms with E-state index in [0.29, 0.717) is 19.8 Å². The average molecular weight is 403 g/mol. The summed E-state index contributed by atoms with van der Waals surface area (Å²) in [6.45, 7) is 8.36. The highest BCUT2D eigenvalue weighted by Crippen LogP contribution is 2.04. The number of carbonyl (C=O) groups excluding carboxylic acids is 2. The Bertz CT molecular complexity index is 380. The highest BCUT2D eigenvalue weighted by molar-refractivity contribution is 5.78. The number of unbranched alkanes of at least 4 members (excludes halogenated alkanes) is 4. The van der Waals surface area contributed by atoms with Crippen LogP contribution in [-0.4, -0.2) is 65.0 Å². The van der Waals surface area contributed by atoms with Crippen molar-refractivity contribution in [3.05, 3.63) is 0 Å². The number of ether oxygens (including phenoxy) is 3. The minimum Gasteiger partial charge on any atom is -0.379 e. The zero-order valence-corrected chi connectivity index (χ0v) is 18.2. The first-order valence-electron chi connectivity index (χ1n) is 10.8. The molecule has 1 atom stereocenters. The highest BCUT2D eigenvalue weighted by atomic mass is 16.5. The normalized spacial score (nSPS) is 12.0. The minimum absolute atomic E-state index is 0.0674. The van der Waals surface area contributed by atoms with Crippen molar-refractivity contribution in [1.82, 2.24) is 10.6 Å². The first-order valence-corrected chi connectivity index (χ1v) is 10.8. The molecule has 0 aliphatic heterocycles. The Kier molecular flexibility index (Phi) is 19.7. The number of nitrogens with one attached hydrogen (secondary N) is 2. The van der Waals surface area contributed by atoms with Gasteiger partial charge in [0.2, 0.25) is 11.8 Å². The van der Waals surface area contributed by atoms with Crippen molar-refractivity contribution in [3.8, 4) is 0 Å². The van der Waals surface area contributed by atoms with E-state index < -0.39 is 0 Å². The van der Waals surface area contributed by atoms with E-state index in [1.54, 1.807) is 0 Å². The van der Waals surface area contributed by atoms with E-state index in [1.807, 2.05) is 6.92 Å². The Morgan fingerprint density at radius 3 is 1.93 bits per heavy atom. The van der Waals surface area contributed by atoms with Gasteiger partial charge in [-0.25, -0.2) is 0 Å². The highest BCUT2D eigenvalue weighted by Gasteiger charge is 2.10. The third kappa shape index (κ3) is 18.2. The third-order valence-electron chi connectivity index (χ3n) is 4.37. The summed E-state index contributed by atoms with van der Waals surface area (Å²) in [6, 6.07) is 0. The summed E-state index contributed by atoms with van der Waals surface area (Å²) in [7, 11) is 1.51. The minimum atomic E-state index is -0.0674. The lowest BCUT2D eigenvalue weighted by Crippen LogP contribution is -2.29. The monoisotopic (exact) mass is 402 g/mol. The molecule has 0 aromatic heterocycles. The molecule has 1 unspecified atom stereocenters. The van der Waals surface area contributed by atoms with Crippen molar-refractivity contribution in [2.75, 3.05) is 53.2 Å². The number of rotatable bonds is 20. The van der Waals surface area contributed by atoms with Gasteiger partial charge in [0.15, 0.2) is 0 Å². The first kappa shape index (κ1) is 26.8. The smallest absolute Gasteiger partial charge is 0.245 e. The summed E-state index contributed by atoms with van der Waals surface area (Å²) in [6.07, 6.45) is 8.03. The summed E-state index contributed by atoms with van der Waals surface area (Å²) >= 11 is 0. The molecule has 0 bridgehead atoms. The van der Waals surface area contributed by atoms with Gasteiger partial charge in [0, 0.05) is 39.3 Å². The summed E-state index contributed by atoms with van der Waals surface area (Å²) < 4.78 is 15.8. The Hall–Kier alpha value is -1.18.